The second-order valence-electron chi connectivity index (χ2n) is 5.74. The molecule has 0 amide bonds. The van der Waals surface area contributed by atoms with Crippen LogP contribution in [0, 0.1) is 0 Å². The lowest BCUT2D eigenvalue weighted by atomic mass is 10.2. The molecule has 26 heavy (non-hydrogen) atoms. The normalized spacial score (nSPS) is 10.7. The van der Waals surface area contributed by atoms with Gasteiger partial charge in [-0.2, -0.15) is 0 Å². The van der Waals surface area contributed by atoms with Crippen LogP contribution in [0.5, 0.6) is 11.5 Å². The summed E-state index contributed by atoms with van der Waals surface area (Å²) in [5.41, 5.74) is 0.485. The van der Waals surface area contributed by atoms with Gasteiger partial charge in [-0.25, -0.2) is 4.98 Å². The summed E-state index contributed by atoms with van der Waals surface area (Å²) in [7, 11) is 0. The lowest BCUT2D eigenvalue weighted by Crippen LogP contribution is -2.13. The number of esters is 1. The van der Waals surface area contributed by atoms with Crippen molar-refractivity contribution in [3.8, 4) is 11.5 Å². The molecule has 1 heterocycles. The van der Waals surface area contributed by atoms with Gasteiger partial charge in [-0.05, 0) is 37.6 Å². The van der Waals surface area contributed by atoms with Crippen molar-refractivity contribution >= 4 is 16.9 Å². The molecule has 0 fully saturated rings. The number of carbonyl (C=O) groups excluding carboxylic acids is 1. The number of aryl methyl sites for hydroxylation is 1. The monoisotopic (exact) mass is 352 g/mol. The summed E-state index contributed by atoms with van der Waals surface area (Å²) in [4.78, 5) is 31.3. The molecular weight excluding hydrogens is 332 g/mol. The molecule has 2 aromatic carbocycles. The van der Waals surface area contributed by atoms with Crippen LogP contribution in [0.15, 0.2) is 53.3 Å². The minimum atomic E-state index is -0.347. The van der Waals surface area contributed by atoms with E-state index in [9.17, 15) is 9.59 Å². The fraction of sp³-hybridized carbons (Fsp3) is 0.250. The van der Waals surface area contributed by atoms with Crippen molar-refractivity contribution in [2.75, 3.05) is 6.61 Å². The SMILES string of the molecule is CCOc1ccccc1OC(=O)CCCc1nc2ccccc2c(=O)[nH]1. The summed E-state index contributed by atoms with van der Waals surface area (Å²) in [6, 6.07) is 14.2. The van der Waals surface area contributed by atoms with Gasteiger partial charge in [0.15, 0.2) is 11.5 Å². The van der Waals surface area contributed by atoms with Crippen molar-refractivity contribution in [1.29, 1.82) is 0 Å². The second-order valence-corrected chi connectivity index (χ2v) is 5.74. The highest BCUT2D eigenvalue weighted by Gasteiger charge is 2.10. The molecule has 0 bridgehead atoms. The maximum absolute atomic E-state index is 12.1. The number of para-hydroxylation sites is 3. The molecule has 0 unspecified atom stereocenters. The van der Waals surface area contributed by atoms with Crippen LogP contribution in [0.4, 0.5) is 0 Å². The van der Waals surface area contributed by atoms with Crippen molar-refractivity contribution < 1.29 is 14.3 Å². The number of fused-ring (bicyclic) bond motifs is 1. The molecule has 6 heteroatoms. The number of benzene rings is 2. The highest BCUT2D eigenvalue weighted by atomic mass is 16.6. The summed E-state index contributed by atoms with van der Waals surface area (Å²) in [6.07, 6.45) is 1.23. The average molecular weight is 352 g/mol. The number of aromatic amines is 1. The Hall–Kier alpha value is -3.15. The van der Waals surface area contributed by atoms with Gasteiger partial charge in [0.25, 0.3) is 5.56 Å². The van der Waals surface area contributed by atoms with Crippen LogP contribution >= 0.6 is 0 Å². The second kappa shape index (κ2) is 8.29. The molecule has 0 spiro atoms. The van der Waals surface area contributed by atoms with Gasteiger partial charge < -0.3 is 14.5 Å². The smallest absolute Gasteiger partial charge is 0.311 e. The lowest BCUT2D eigenvalue weighted by molar-refractivity contribution is -0.134. The van der Waals surface area contributed by atoms with E-state index in [4.69, 9.17) is 9.47 Å². The summed E-state index contributed by atoms with van der Waals surface area (Å²) >= 11 is 0. The van der Waals surface area contributed by atoms with Gasteiger partial charge in [-0.3, -0.25) is 9.59 Å². The van der Waals surface area contributed by atoms with Gasteiger partial charge in [0.2, 0.25) is 0 Å². The largest absolute Gasteiger partial charge is 0.490 e. The van der Waals surface area contributed by atoms with E-state index in [2.05, 4.69) is 9.97 Å². The molecule has 6 nitrogen and oxygen atoms in total. The standard InChI is InChI=1S/C20H20N2O4/c1-2-25-16-10-5-6-11-17(16)26-19(23)13-7-12-18-21-15-9-4-3-8-14(15)20(24)22-18/h3-6,8-11H,2,7,12-13H2,1H3,(H,21,22,24). The van der Waals surface area contributed by atoms with E-state index in [-0.39, 0.29) is 17.9 Å². The fourth-order valence-electron chi connectivity index (χ4n) is 2.64. The Morgan fingerprint density at radius 2 is 1.81 bits per heavy atom. The first-order chi connectivity index (χ1) is 12.7. The van der Waals surface area contributed by atoms with Gasteiger partial charge in [0.05, 0.1) is 17.5 Å². The van der Waals surface area contributed by atoms with Crippen LogP contribution in [-0.4, -0.2) is 22.5 Å². The zero-order valence-electron chi connectivity index (χ0n) is 14.5. The van der Waals surface area contributed by atoms with Crippen LogP contribution in [0.1, 0.15) is 25.6 Å². The molecular formula is C20H20N2O4. The number of nitrogens with one attached hydrogen (secondary N) is 1. The van der Waals surface area contributed by atoms with Crippen LogP contribution in [-0.2, 0) is 11.2 Å². The minimum Gasteiger partial charge on any atom is -0.490 e. The molecule has 0 atom stereocenters. The molecule has 0 saturated heterocycles. The Kier molecular flexibility index (Phi) is 5.63. The van der Waals surface area contributed by atoms with Gasteiger partial charge in [-0.1, -0.05) is 24.3 Å². The van der Waals surface area contributed by atoms with E-state index in [0.29, 0.717) is 47.7 Å². The molecule has 3 aromatic rings. The van der Waals surface area contributed by atoms with E-state index >= 15 is 0 Å². The highest BCUT2D eigenvalue weighted by Crippen LogP contribution is 2.26. The van der Waals surface area contributed by atoms with Crippen LogP contribution in [0.25, 0.3) is 10.9 Å². The Morgan fingerprint density at radius 1 is 1.08 bits per heavy atom. The van der Waals surface area contributed by atoms with Gasteiger partial charge in [-0.15, -0.1) is 0 Å². The Morgan fingerprint density at radius 3 is 2.62 bits per heavy atom. The summed E-state index contributed by atoms with van der Waals surface area (Å²) in [6.45, 7) is 2.37. The Labute approximate surface area is 150 Å². The topological polar surface area (TPSA) is 81.3 Å². The van der Waals surface area contributed by atoms with Crippen molar-refractivity contribution in [2.45, 2.75) is 26.2 Å². The van der Waals surface area contributed by atoms with E-state index < -0.39 is 0 Å². The molecule has 0 aliphatic rings. The van der Waals surface area contributed by atoms with Crippen molar-refractivity contribution in [3.63, 3.8) is 0 Å². The lowest BCUT2D eigenvalue weighted by Gasteiger charge is -2.10. The van der Waals surface area contributed by atoms with Crippen LogP contribution in [0.3, 0.4) is 0 Å². The van der Waals surface area contributed by atoms with Gasteiger partial charge in [0.1, 0.15) is 5.82 Å². The summed E-state index contributed by atoms with van der Waals surface area (Å²) in [5, 5.41) is 0.559. The predicted octanol–water partition coefficient (Wildman–Crippen LogP) is 3.25. The molecule has 3 rings (SSSR count). The van der Waals surface area contributed by atoms with Crippen molar-refractivity contribution in [2.24, 2.45) is 0 Å². The maximum atomic E-state index is 12.1. The zero-order valence-corrected chi connectivity index (χ0v) is 14.5. The van der Waals surface area contributed by atoms with E-state index in [1.807, 2.05) is 19.1 Å². The third kappa shape index (κ3) is 4.27. The average Bonchev–Trinajstić information content (AvgIpc) is 2.64. The quantitative estimate of drug-likeness (QED) is 0.521. The third-order valence-electron chi connectivity index (χ3n) is 3.83. The van der Waals surface area contributed by atoms with Crippen LogP contribution < -0.4 is 15.0 Å². The van der Waals surface area contributed by atoms with Gasteiger partial charge in [0, 0.05) is 12.8 Å². The van der Waals surface area contributed by atoms with Gasteiger partial charge >= 0.3 is 5.97 Å². The fourth-order valence-corrected chi connectivity index (χ4v) is 2.64. The molecule has 1 aromatic heterocycles. The highest BCUT2D eigenvalue weighted by molar-refractivity contribution is 5.77. The molecule has 1 N–H and O–H groups in total. The molecule has 134 valence electrons. The van der Waals surface area contributed by atoms with E-state index in [0.717, 1.165) is 0 Å². The number of hydrogen-bond donors (Lipinski definition) is 1. The van der Waals surface area contributed by atoms with E-state index in [1.165, 1.54) is 0 Å². The van der Waals surface area contributed by atoms with Crippen molar-refractivity contribution in [1.82, 2.24) is 9.97 Å². The minimum absolute atomic E-state index is 0.168. The van der Waals surface area contributed by atoms with Crippen LogP contribution in [0.2, 0.25) is 0 Å². The number of aromatic nitrogens is 2. The number of hydrogen-bond acceptors (Lipinski definition) is 5. The molecule has 0 saturated carbocycles. The zero-order chi connectivity index (χ0) is 18.4. The first-order valence-corrected chi connectivity index (χ1v) is 8.58. The Balaban J connectivity index is 1.58. The number of rotatable bonds is 7. The number of carbonyl (C=O) groups is 1. The van der Waals surface area contributed by atoms with Crippen molar-refractivity contribution in [3.05, 3.63) is 64.7 Å². The Bertz CT molecular complexity index is 965. The third-order valence-corrected chi connectivity index (χ3v) is 3.83. The molecule has 0 radical (unpaired) electrons. The first kappa shape index (κ1) is 17.7. The predicted molar refractivity (Wildman–Crippen MR) is 98.5 cm³/mol. The first-order valence-electron chi connectivity index (χ1n) is 8.58. The summed E-state index contributed by atoms with van der Waals surface area (Å²) < 4.78 is 10.8. The summed E-state index contributed by atoms with van der Waals surface area (Å²) in [5.74, 6) is 1.18. The molecule has 0 aliphatic carbocycles. The molecule has 0 aliphatic heterocycles. The maximum Gasteiger partial charge on any atom is 0.311 e. The number of H-pyrrole nitrogens is 1. The number of nitrogens with zero attached hydrogens (tertiary/aromatic N) is 1. The van der Waals surface area contributed by atoms with E-state index in [1.54, 1.807) is 36.4 Å². The number of ether oxygens (including phenoxy) is 2.